The van der Waals surface area contributed by atoms with Gasteiger partial charge in [0, 0.05) is 44.1 Å². The zero-order valence-electron chi connectivity index (χ0n) is 19.8. The molecule has 1 amide bonds. The van der Waals surface area contributed by atoms with Crippen LogP contribution in [0.25, 0.3) is 0 Å². The molecule has 0 radical (unpaired) electrons. The third kappa shape index (κ3) is 5.55. The maximum absolute atomic E-state index is 13.0. The van der Waals surface area contributed by atoms with Gasteiger partial charge in [-0.15, -0.1) is 0 Å². The second kappa shape index (κ2) is 9.93. The van der Waals surface area contributed by atoms with Gasteiger partial charge in [0.05, 0.1) is 17.3 Å². The summed E-state index contributed by atoms with van der Waals surface area (Å²) in [6.07, 6.45) is 9.16. The van der Waals surface area contributed by atoms with Gasteiger partial charge in [0.1, 0.15) is 0 Å². The lowest BCUT2D eigenvalue weighted by molar-refractivity contribution is -0.0503. The summed E-state index contributed by atoms with van der Waals surface area (Å²) in [6, 6.07) is 5.66. The molecular formula is C26H38ClN5O. The maximum Gasteiger partial charge on any atom is 0.252 e. The van der Waals surface area contributed by atoms with E-state index in [1.807, 2.05) is 18.2 Å². The summed E-state index contributed by atoms with van der Waals surface area (Å²) in [5.41, 5.74) is 3.11. The van der Waals surface area contributed by atoms with Crippen LogP contribution in [0.3, 0.4) is 0 Å². The lowest BCUT2D eigenvalue weighted by Crippen LogP contribution is -2.51. The van der Waals surface area contributed by atoms with Gasteiger partial charge in [0.2, 0.25) is 0 Å². The lowest BCUT2D eigenvalue weighted by atomic mass is 9.49. The highest BCUT2D eigenvalue weighted by molar-refractivity contribution is 6.34. The molecule has 6 rings (SSSR count). The Morgan fingerprint density at radius 3 is 2.52 bits per heavy atom. The van der Waals surface area contributed by atoms with Crippen molar-refractivity contribution in [1.82, 2.24) is 15.5 Å². The smallest absolute Gasteiger partial charge is 0.252 e. The predicted octanol–water partition coefficient (Wildman–Crippen LogP) is 4.02. The van der Waals surface area contributed by atoms with E-state index in [1.165, 1.54) is 44.2 Å². The van der Waals surface area contributed by atoms with E-state index in [0.29, 0.717) is 16.0 Å². The molecule has 0 aromatic heterocycles. The first-order valence-electron chi connectivity index (χ1n) is 12.7. The number of anilines is 1. The zero-order valence-corrected chi connectivity index (χ0v) is 20.6. The molecule has 0 atom stereocenters. The van der Waals surface area contributed by atoms with Gasteiger partial charge < -0.3 is 16.0 Å². The number of benzene rings is 1. The lowest BCUT2D eigenvalue weighted by Gasteiger charge is -2.56. The Bertz CT molecular complexity index is 865. The van der Waals surface area contributed by atoms with E-state index >= 15 is 0 Å². The van der Waals surface area contributed by atoms with Crippen molar-refractivity contribution >= 4 is 28.9 Å². The van der Waals surface area contributed by atoms with E-state index in [2.05, 4.69) is 32.9 Å². The van der Waals surface area contributed by atoms with Gasteiger partial charge in [-0.3, -0.25) is 14.7 Å². The SMILES string of the molecule is CN1CN=C(CCNCCNc2ccc(Cl)c(C(=O)NCC34CC5CC(CC(C5)C3)C4)c2)C1. The number of halogens is 1. The number of carbonyl (C=O) groups excluding carboxylic acids is 1. The summed E-state index contributed by atoms with van der Waals surface area (Å²) < 4.78 is 0. The molecule has 7 heteroatoms. The molecule has 1 aromatic carbocycles. The number of nitrogens with zero attached hydrogens (tertiary/aromatic N) is 2. The maximum atomic E-state index is 13.0. The van der Waals surface area contributed by atoms with Gasteiger partial charge >= 0.3 is 0 Å². The number of amides is 1. The van der Waals surface area contributed by atoms with E-state index < -0.39 is 0 Å². The molecule has 4 fully saturated rings. The Morgan fingerprint density at radius 1 is 1.12 bits per heavy atom. The number of hydrogen-bond acceptors (Lipinski definition) is 5. The summed E-state index contributed by atoms with van der Waals surface area (Å²) >= 11 is 6.41. The van der Waals surface area contributed by atoms with E-state index in [0.717, 1.165) is 69.3 Å². The summed E-state index contributed by atoms with van der Waals surface area (Å²) in [5.74, 6) is 2.64. The van der Waals surface area contributed by atoms with E-state index in [4.69, 9.17) is 11.6 Å². The summed E-state index contributed by atoms with van der Waals surface area (Å²) in [7, 11) is 2.09. The average Bonchev–Trinajstić information content (AvgIpc) is 3.19. The quantitative estimate of drug-likeness (QED) is 0.451. The van der Waals surface area contributed by atoms with Gasteiger partial charge in [0.15, 0.2) is 0 Å². The molecule has 4 aliphatic carbocycles. The van der Waals surface area contributed by atoms with Crippen LogP contribution in [-0.2, 0) is 0 Å². The largest absolute Gasteiger partial charge is 0.384 e. The summed E-state index contributed by atoms with van der Waals surface area (Å²) in [4.78, 5) is 19.8. The number of nitrogens with one attached hydrogen (secondary N) is 3. The van der Waals surface area contributed by atoms with Crippen molar-refractivity contribution in [3.8, 4) is 0 Å². The van der Waals surface area contributed by atoms with Crippen molar-refractivity contribution in [2.24, 2.45) is 28.2 Å². The molecule has 180 valence electrons. The topological polar surface area (TPSA) is 68.8 Å². The van der Waals surface area contributed by atoms with Crippen LogP contribution in [-0.4, -0.2) is 63.0 Å². The van der Waals surface area contributed by atoms with Crippen LogP contribution in [0.15, 0.2) is 23.2 Å². The van der Waals surface area contributed by atoms with Crippen molar-refractivity contribution in [2.45, 2.75) is 44.9 Å². The molecule has 4 saturated carbocycles. The number of aliphatic imine (C=N–C) groups is 1. The number of carbonyl (C=O) groups is 1. The Balaban J connectivity index is 1.07. The first-order chi connectivity index (χ1) is 16.0. The van der Waals surface area contributed by atoms with Crippen LogP contribution < -0.4 is 16.0 Å². The Morgan fingerprint density at radius 2 is 1.85 bits per heavy atom. The molecule has 3 N–H and O–H groups in total. The van der Waals surface area contributed by atoms with Gasteiger partial charge in [-0.2, -0.15) is 0 Å². The second-order valence-corrected chi connectivity index (χ2v) is 11.5. The van der Waals surface area contributed by atoms with E-state index in [9.17, 15) is 4.79 Å². The zero-order chi connectivity index (χ0) is 22.8. The van der Waals surface area contributed by atoms with Crippen molar-refractivity contribution in [3.05, 3.63) is 28.8 Å². The third-order valence-corrected chi connectivity index (χ3v) is 8.54. The molecule has 1 heterocycles. The number of rotatable bonds is 10. The van der Waals surface area contributed by atoms with Gasteiger partial charge in [0.25, 0.3) is 5.91 Å². The van der Waals surface area contributed by atoms with E-state index in [1.54, 1.807) is 0 Å². The van der Waals surface area contributed by atoms with Crippen LogP contribution >= 0.6 is 11.6 Å². The average molecular weight is 472 g/mol. The minimum Gasteiger partial charge on any atom is -0.384 e. The van der Waals surface area contributed by atoms with Crippen LogP contribution in [0.1, 0.15) is 55.3 Å². The molecule has 0 unspecified atom stereocenters. The van der Waals surface area contributed by atoms with E-state index in [-0.39, 0.29) is 5.91 Å². The molecule has 0 spiro atoms. The standard InChI is InChI=1S/C26H38ClN5O/c1-32-15-22(31-17-32)4-5-28-6-7-29-21-2-3-24(27)23(11-21)25(33)30-16-26-12-18-8-19(13-26)10-20(9-18)14-26/h2-3,11,18-20,28-29H,4-10,12-17H2,1H3,(H,30,33). The molecule has 1 aromatic rings. The summed E-state index contributed by atoms with van der Waals surface area (Å²) in [6.45, 7) is 5.20. The molecule has 1 aliphatic heterocycles. The molecule has 5 aliphatic rings. The van der Waals surface area contributed by atoms with Crippen molar-refractivity contribution in [2.75, 3.05) is 51.8 Å². The Labute approximate surface area is 202 Å². The fourth-order valence-electron chi connectivity index (χ4n) is 7.12. The molecule has 6 nitrogen and oxygen atoms in total. The fourth-order valence-corrected chi connectivity index (χ4v) is 7.33. The van der Waals surface area contributed by atoms with Gasteiger partial charge in [-0.25, -0.2) is 0 Å². The summed E-state index contributed by atoms with van der Waals surface area (Å²) in [5, 5.41) is 10.7. The minimum atomic E-state index is -0.0418. The highest BCUT2D eigenvalue weighted by Crippen LogP contribution is 2.59. The molecular weight excluding hydrogens is 434 g/mol. The molecule has 0 saturated heterocycles. The first-order valence-corrected chi connectivity index (χ1v) is 13.1. The Kier molecular flexibility index (Phi) is 6.96. The van der Waals surface area contributed by atoms with Crippen LogP contribution in [0, 0.1) is 23.2 Å². The van der Waals surface area contributed by atoms with Crippen LogP contribution in [0.2, 0.25) is 5.02 Å². The highest BCUT2D eigenvalue weighted by Gasteiger charge is 2.50. The third-order valence-electron chi connectivity index (χ3n) is 8.21. The van der Waals surface area contributed by atoms with Crippen molar-refractivity contribution in [3.63, 3.8) is 0 Å². The number of hydrogen-bond donors (Lipinski definition) is 3. The predicted molar refractivity (Wildman–Crippen MR) is 135 cm³/mol. The second-order valence-electron chi connectivity index (χ2n) is 11.1. The van der Waals surface area contributed by atoms with Crippen molar-refractivity contribution < 1.29 is 4.79 Å². The van der Waals surface area contributed by atoms with Crippen LogP contribution in [0.4, 0.5) is 5.69 Å². The minimum absolute atomic E-state index is 0.0418. The highest BCUT2D eigenvalue weighted by atomic mass is 35.5. The monoisotopic (exact) mass is 471 g/mol. The first kappa shape index (κ1) is 23.1. The fraction of sp³-hybridized carbons (Fsp3) is 0.692. The van der Waals surface area contributed by atoms with Gasteiger partial charge in [-0.1, -0.05) is 11.6 Å². The van der Waals surface area contributed by atoms with Crippen LogP contribution in [0.5, 0.6) is 0 Å². The molecule has 33 heavy (non-hydrogen) atoms. The Hall–Kier alpha value is -1.63. The molecule has 4 bridgehead atoms. The normalized spacial score (nSPS) is 30.5. The van der Waals surface area contributed by atoms with Crippen molar-refractivity contribution in [1.29, 1.82) is 0 Å². The van der Waals surface area contributed by atoms with Gasteiger partial charge in [-0.05, 0) is 93.4 Å².